The summed E-state index contributed by atoms with van der Waals surface area (Å²) in [5.41, 5.74) is 0. The summed E-state index contributed by atoms with van der Waals surface area (Å²) in [5, 5.41) is 2.63. The lowest BCUT2D eigenvalue weighted by atomic mass is 10.5. The smallest absolute Gasteiger partial charge is 0.243 e. The number of nitrogens with one attached hydrogen (secondary N) is 1. The van der Waals surface area contributed by atoms with Gasteiger partial charge in [-0.3, -0.25) is 9.00 Å². The minimum atomic E-state index is -0.786. The van der Waals surface area contributed by atoms with Gasteiger partial charge in [0.2, 0.25) is 5.91 Å². The van der Waals surface area contributed by atoms with E-state index in [0.29, 0.717) is 18.1 Å². The molecule has 0 saturated heterocycles. The van der Waals surface area contributed by atoms with Crippen molar-refractivity contribution < 1.29 is 9.00 Å². The van der Waals surface area contributed by atoms with Crippen LogP contribution in [0.4, 0.5) is 0 Å². The first kappa shape index (κ1) is 11.4. The highest BCUT2D eigenvalue weighted by atomic mass is 32.2. The summed E-state index contributed by atoms with van der Waals surface area (Å²) >= 11 is 0. The molecule has 0 bridgehead atoms. The molecule has 70 valence electrons. The minimum absolute atomic E-state index is 0.120. The standard InChI is InChI=1S/C8H15NO2S/c1-3-5-8(10)9-6-7-12(11)4-2/h3,5H,4,6-7H2,1-2H3,(H,9,10)/b5-3+. The Morgan fingerprint density at radius 3 is 2.75 bits per heavy atom. The lowest BCUT2D eigenvalue weighted by Crippen LogP contribution is -2.26. The van der Waals surface area contributed by atoms with Gasteiger partial charge in [0.1, 0.15) is 0 Å². The number of amides is 1. The molecule has 0 fully saturated rings. The highest BCUT2D eigenvalue weighted by Gasteiger charge is 1.96. The fourth-order valence-electron chi connectivity index (χ4n) is 0.643. The van der Waals surface area contributed by atoms with Gasteiger partial charge in [-0.2, -0.15) is 0 Å². The molecular formula is C8H15NO2S. The van der Waals surface area contributed by atoms with Crippen LogP contribution in [0.5, 0.6) is 0 Å². The molecule has 1 amide bonds. The maximum atomic E-state index is 10.9. The van der Waals surface area contributed by atoms with E-state index in [1.54, 1.807) is 13.0 Å². The average Bonchev–Trinajstić information content (AvgIpc) is 2.04. The van der Waals surface area contributed by atoms with Crippen LogP contribution in [0, 0.1) is 0 Å². The highest BCUT2D eigenvalue weighted by Crippen LogP contribution is 1.79. The Kier molecular flexibility index (Phi) is 6.66. The fourth-order valence-corrected chi connectivity index (χ4v) is 1.26. The third-order valence-electron chi connectivity index (χ3n) is 1.27. The summed E-state index contributed by atoms with van der Waals surface area (Å²) in [7, 11) is -0.786. The summed E-state index contributed by atoms with van der Waals surface area (Å²) in [6.07, 6.45) is 3.13. The van der Waals surface area contributed by atoms with E-state index in [2.05, 4.69) is 5.32 Å². The van der Waals surface area contributed by atoms with E-state index in [1.165, 1.54) is 6.08 Å². The molecule has 0 aromatic rings. The van der Waals surface area contributed by atoms with Crippen molar-refractivity contribution in [2.24, 2.45) is 0 Å². The summed E-state index contributed by atoms with van der Waals surface area (Å²) in [6.45, 7) is 4.14. The van der Waals surface area contributed by atoms with Gasteiger partial charge in [0.25, 0.3) is 0 Å². The number of carbonyl (C=O) groups is 1. The van der Waals surface area contributed by atoms with Crippen LogP contribution in [0.2, 0.25) is 0 Å². The molecule has 0 aromatic carbocycles. The first-order valence-electron chi connectivity index (χ1n) is 3.96. The molecule has 12 heavy (non-hydrogen) atoms. The summed E-state index contributed by atoms with van der Waals surface area (Å²) in [5.74, 6) is 1.07. The van der Waals surface area contributed by atoms with Gasteiger partial charge in [-0.25, -0.2) is 0 Å². The third kappa shape index (κ3) is 6.09. The van der Waals surface area contributed by atoms with Crippen molar-refractivity contribution in [3.05, 3.63) is 12.2 Å². The molecule has 0 rings (SSSR count). The maximum Gasteiger partial charge on any atom is 0.243 e. The summed E-state index contributed by atoms with van der Waals surface area (Å²) in [4.78, 5) is 10.8. The molecule has 0 saturated carbocycles. The van der Waals surface area contributed by atoms with E-state index in [0.717, 1.165) is 0 Å². The number of carbonyl (C=O) groups excluding carboxylic acids is 1. The lowest BCUT2D eigenvalue weighted by molar-refractivity contribution is -0.116. The Balaban J connectivity index is 3.43. The molecule has 0 heterocycles. The van der Waals surface area contributed by atoms with E-state index in [-0.39, 0.29) is 5.91 Å². The molecule has 3 nitrogen and oxygen atoms in total. The molecule has 0 aliphatic heterocycles. The van der Waals surface area contributed by atoms with Crippen LogP contribution in [0.3, 0.4) is 0 Å². The van der Waals surface area contributed by atoms with E-state index < -0.39 is 10.8 Å². The van der Waals surface area contributed by atoms with Crippen molar-refractivity contribution in [2.45, 2.75) is 13.8 Å². The molecule has 1 N–H and O–H groups in total. The summed E-state index contributed by atoms with van der Waals surface area (Å²) in [6, 6.07) is 0. The van der Waals surface area contributed by atoms with Gasteiger partial charge in [0.15, 0.2) is 0 Å². The van der Waals surface area contributed by atoms with Crippen molar-refractivity contribution in [3.63, 3.8) is 0 Å². The Labute approximate surface area is 75.7 Å². The van der Waals surface area contributed by atoms with E-state index in [9.17, 15) is 9.00 Å². The van der Waals surface area contributed by atoms with Crippen LogP contribution >= 0.6 is 0 Å². The molecule has 4 heteroatoms. The van der Waals surface area contributed by atoms with Crippen LogP contribution in [0.25, 0.3) is 0 Å². The van der Waals surface area contributed by atoms with Gasteiger partial charge in [-0.15, -0.1) is 0 Å². The molecule has 1 unspecified atom stereocenters. The number of allylic oxidation sites excluding steroid dienone is 1. The van der Waals surface area contributed by atoms with Crippen molar-refractivity contribution >= 4 is 16.7 Å². The Morgan fingerprint density at radius 2 is 2.25 bits per heavy atom. The van der Waals surface area contributed by atoms with Gasteiger partial charge < -0.3 is 5.32 Å². The quantitative estimate of drug-likeness (QED) is 0.638. The Hall–Kier alpha value is -0.640. The van der Waals surface area contributed by atoms with Crippen molar-refractivity contribution in [1.29, 1.82) is 0 Å². The minimum Gasteiger partial charge on any atom is -0.352 e. The second-order valence-electron chi connectivity index (χ2n) is 2.22. The molecule has 0 spiro atoms. The SMILES string of the molecule is C/C=C/C(=O)NCCS(=O)CC. The number of hydrogen-bond acceptors (Lipinski definition) is 2. The van der Waals surface area contributed by atoms with Crippen molar-refractivity contribution in [2.75, 3.05) is 18.1 Å². The van der Waals surface area contributed by atoms with Gasteiger partial charge >= 0.3 is 0 Å². The summed E-state index contributed by atoms with van der Waals surface area (Å²) < 4.78 is 10.9. The van der Waals surface area contributed by atoms with Gasteiger partial charge in [0, 0.05) is 28.9 Å². The zero-order valence-electron chi connectivity index (χ0n) is 7.50. The van der Waals surface area contributed by atoms with Gasteiger partial charge in [0.05, 0.1) is 0 Å². The van der Waals surface area contributed by atoms with Gasteiger partial charge in [-0.05, 0) is 13.0 Å². The van der Waals surface area contributed by atoms with E-state index in [1.807, 2.05) is 6.92 Å². The van der Waals surface area contributed by atoms with Crippen LogP contribution in [0.1, 0.15) is 13.8 Å². The van der Waals surface area contributed by atoms with E-state index >= 15 is 0 Å². The molecule has 0 aliphatic carbocycles. The predicted octanol–water partition coefficient (Wildman–Crippen LogP) is 0.447. The lowest BCUT2D eigenvalue weighted by Gasteiger charge is -1.99. The zero-order valence-corrected chi connectivity index (χ0v) is 8.32. The van der Waals surface area contributed by atoms with Crippen LogP contribution in [0.15, 0.2) is 12.2 Å². The first-order chi connectivity index (χ1) is 5.70. The van der Waals surface area contributed by atoms with Crippen molar-refractivity contribution in [3.8, 4) is 0 Å². The first-order valence-corrected chi connectivity index (χ1v) is 5.45. The maximum absolute atomic E-state index is 10.9. The Bertz CT molecular complexity index is 189. The second-order valence-corrected chi connectivity index (χ2v) is 4.09. The van der Waals surface area contributed by atoms with Crippen LogP contribution in [-0.4, -0.2) is 28.2 Å². The molecular weight excluding hydrogens is 174 g/mol. The zero-order chi connectivity index (χ0) is 9.40. The van der Waals surface area contributed by atoms with Crippen molar-refractivity contribution in [1.82, 2.24) is 5.32 Å². The number of hydrogen-bond donors (Lipinski definition) is 1. The third-order valence-corrected chi connectivity index (χ3v) is 2.57. The molecule has 0 aliphatic rings. The largest absolute Gasteiger partial charge is 0.352 e. The van der Waals surface area contributed by atoms with Gasteiger partial charge in [-0.1, -0.05) is 13.0 Å². The topological polar surface area (TPSA) is 46.2 Å². The monoisotopic (exact) mass is 189 g/mol. The normalized spacial score (nSPS) is 13.2. The predicted molar refractivity (Wildman–Crippen MR) is 51.4 cm³/mol. The molecule has 1 atom stereocenters. The second kappa shape index (κ2) is 7.03. The molecule has 0 radical (unpaired) electrons. The fraction of sp³-hybridized carbons (Fsp3) is 0.625. The highest BCUT2D eigenvalue weighted by molar-refractivity contribution is 7.84. The molecule has 0 aromatic heterocycles. The van der Waals surface area contributed by atoms with Crippen LogP contribution in [-0.2, 0) is 15.6 Å². The average molecular weight is 189 g/mol. The van der Waals surface area contributed by atoms with Crippen LogP contribution < -0.4 is 5.32 Å². The Morgan fingerprint density at radius 1 is 1.58 bits per heavy atom. The van der Waals surface area contributed by atoms with E-state index in [4.69, 9.17) is 0 Å². The number of rotatable bonds is 5.